The summed E-state index contributed by atoms with van der Waals surface area (Å²) in [6.45, 7) is 0. The van der Waals surface area contributed by atoms with E-state index in [0.717, 1.165) is 37.8 Å². The number of benzene rings is 1. The van der Waals surface area contributed by atoms with Gasteiger partial charge in [-0.05, 0) is 55.2 Å². The third kappa shape index (κ3) is 3.54. The Hall–Kier alpha value is -1.03. The van der Waals surface area contributed by atoms with Crippen LogP contribution in [0.15, 0.2) is 29.8 Å². The zero-order valence-electron chi connectivity index (χ0n) is 10.8. The van der Waals surface area contributed by atoms with E-state index < -0.39 is 17.6 Å². The molecule has 0 unspecified atom stereocenters. The Morgan fingerprint density at radius 2 is 1.75 bits per heavy atom. The van der Waals surface area contributed by atoms with Crippen molar-refractivity contribution in [3.8, 4) is 0 Å². The second-order valence-corrected chi connectivity index (χ2v) is 5.42. The Labute approximate surface area is 120 Å². The molecule has 0 radical (unpaired) electrons. The van der Waals surface area contributed by atoms with E-state index in [1.165, 1.54) is 11.6 Å². The van der Waals surface area contributed by atoms with E-state index in [2.05, 4.69) is 0 Å². The van der Waals surface area contributed by atoms with Gasteiger partial charge in [0.2, 0.25) is 0 Å². The van der Waals surface area contributed by atoms with Gasteiger partial charge in [0.25, 0.3) is 0 Å². The van der Waals surface area contributed by atoms with Gasteiger partial charge in [0.05, 0.1) is 5.56 Å². The van der Waals surface area contributed by atoms with Crippen molar-refractivity contribution < 1.29 is 17.6 Å². The molecule has 2 rings (SSSR count). The van der Waals surface area contributed by atoms with E-state index in [1.807, 2.05) is 6.08 Å². The number of alkyl halides is 3. The van der Waals surface area contributed by atoms with Crippen LogP contribution in [0.25, 0.3) is 0 Å². The van der Waals surface area contributed by atoms with Crippen molar-refractivity contribution in [1.29, 1.82) is 0 Å². The molecule has 20 heavy (non-hydrogen) atoms. The van der Waals surface area contributed by atoms with E-state index >= 15 is 0 Å². The minimum atomic E-state index is -4.63. The maximum absolute atomic E-state index is 13.5. The Balaban J connectivity index is 2.10. The molecule has 1 aromatic rings. The molecule has 0 N–H and O–H groups in total. The van der Waals surface area contributed by atoms with Crippen LogP contribution in [-0.4, -0.2) is 0 Å². The SMILES string of the molecule is Fc1cc(C2CCC(/C=C/Cl)CC2)ccc1C(F)(F)F. The van der Waals surface area contributed by atoms with Crippen molar-refractivity contribution in [3.05, 3.63) is 46.8 Å². The van der Waals surface area contributed by atoms with Crippen molar-refractivity contribution in [1.82, 2.24) is 0 Å². The lowest BCUT2D eigenvalue weighted by molar-refractivity contribution is -0.140. The van der Waals surface area contributed by atoms with Gasteiger partial charge in [-0.15, -0.1) is 0 Å². The van der Waals surface area contributed by atoms with E-state index in [4.69, 9.17) is 11.6 Å². The predicted octanol–water partition coefficient (Wildman–Crippen LogP) is 5.87. The number of hydrogen-bond acceptors (Lipinski definition) is 0. The molecule has 5 heteroatoms. The Morgan fingerprint density at radius 1 is 1.10 bits per heavy atom. The molecular formula is C15H15ClF4. The van der Waals surface area contributed by atoms with E-state index in [-0.39, 0.29) is 5.92 Å². The molecule has 0 aromatic heterocycles. The molecule has 0 saturated heterocycles. The second kappa shape index (κ2) is 6.17. The second-order valence-electron chi connectivity index (χ2n) is 5.17. The molecule has 0 spiro atoms. The highest BCUT2D eigenvalue weighted by atomic mass is 35.5. The summed E-state index contributed by atoms with van der Waals surface area (Å²) in [5.41, 5.74) is 0.965. The van der Waals surface area contributed by atoms with Gasteiger partial charge in [-0.3, -0.25) is 0 Å². The van der Waals surface area contributed by atoms with Crippen LogP contribution in [0.5, 0.6) is 0 Å². The van der Waals surface area contributed by atoms with Crippen molar-refractivity contribution in [2.75, 3.05) is 0 Å². The van der Waals surface area contributed by atoms with Crippen LogP contribution in [0.4, 0.5) is 17.6 Å². The molecule has 0 heterocycles. The first-order valence-corrected chi connectivity index (χ1v) is 6.99. The van der Waals surface area contributed by atoms with Gasteiger partial charge in [-0.1, -0.05) is 23.7 Å². The summed E-state index contributed by atoms with van der Waals surface area (Å²) in [6.07, 6.45) is 0.844. The van der Waals surface area contributed by atoms with Crippen LogP contribution in [0.2, 0.25) is 0 Å². The molecule has 1 saturated carbocycles. The Bertz CT molecular complexity index is 485. The van der Waals surface area contributed by atoms with Crippen LogP contribution < -0.4 is 0 Å². The third-order valence-electron chi connectivity index (χ3n) is 3.89. The standard InChI is InChI=1S/C15H15ClF4/c16-8-7-10-1-3-11(4-2-10)12-5-6-13(14(17)9-12)15(18,19)20/h5-11H,1-4H2/b8-7+. The molecule has 1 aromatic carbocycles. The lowest BCUT2D eigenvalue weighted by Crippen LogP contribution is -2.13. The minimum Gasteiger partial charge on any atom is -0.206 e. The lowest BCUT2D eigenvalue weighted by atomic mass is 9.78. The summed E-state index contributed by atoms with van der Waals surface area (Å²) < 4.78 is 51.0. The topological polar surface area (TPSA) is 0 Å². The monoisotopic (exact) mass is 306 g/mol. The van der Waals surface area contributed by atoms with E-state index in [1.54, 1.807) is 0 Å². The largest absolute Gasteiger partial charge is 0.419 e. The van der Waals surface area contributed by atoms with E-state index in [9.17, 15) is 17.6 Å². The Kier molecular flexibility index (Phi) is 4.74. The molecule has 1 aliphatic carbocycles. The summed E-state index contributed by atoms with van der Waals surface area (Å²) in [5, 5.41) is 0. The normalized spacial score (nSPS) is 24.2. The molecule has 1 fully saturated rings. The van der Waals surface area contributed by atoms with Crippen LogP contribution >= 0.6 is 11.6 Å². The zero-order valence-corrected chi connectivity index (χ0v) is 11.5. The first-order valence-electron chi connectivity index (χ1n) is 6.55. The van der Waals surface area contributed by atoms with Crippen LogP contribution in [0, 0.1) is 11.7 Å². The number of allylic oxidation sites excluding steroid dienone is 1. The molecule has 1 aliphatic rings. The molecule has 0 atom stereocenters. The van der Waals surface area contributed by atoms with Crippen molar-refractivity contribution >= 4 is 11.6 Å². The highest BCUT2D eigenvalue weighted by molar-refractivity contribution is 6.25. The van der Waals surface area contributed by atoms with Gasteiger partial charge in [-0.25, -0.2) is 4.39 Å². The summed E-state index contributed by atoms with van der Waals surface area (Å²) in [5.74, 6) is -0.632. The van der Waals surface area contributed by atoms with Gasteiger partial charge >= 0.3 is 6.18 Å². The Morgan fingerprint density at radius 3 is 2.25 bits per heavy atom. The first kappa shape index (κ1) is 15.4. The molecule has 0 aliphatic heterocycles. The van der Waals surface area contributed by atoms with Gasteiger partial charge in [0.1, 0.15) is 5.82 Å². The fraction of sp³-hybridized carbons (Fsp3) is 0.467. The number of rotatable bonds is 2. The maximum Gasteiger partial charge on any atom is 0.419 e. The summed E-state index contributed by atoms with van der Waals surface area (Å²) >= 11 is 5.53. The van der Waals surface area contributed by atoms with Gasteiger partial charge in [0.15, 0.2) is 0 Å². The predicted molar refractivity (Wildman–Crippen MR) is 71.1 cm³/mol. The third-order valence-corrected chi connectivity index (χ3v) is 4.03. The smallest absolute Gasteiger partial charge is 0.206 e. The summed E-state index contributed by atoms with van der Waals surface area (Å²) in [4.78, 5) is 0. The van der Waals surface area contributed by atoms with E-state index in [0.29, 0.717) is 11.5 Å². The number of hydrogen-bond donors (Lipinski definition) is 0. The molecule has 0 amide bonds. The highest BCUT2D eigenvalue weighted by Crippen LogP contribution is 2.38. The van der Waals surface area contributed by atoms with Gasteiger partial charge < -0.3 is 0 Å². The molecule has 0 bridgehead atoms. The minimum absolute atomic E-state index is 0.131. The van der Waals surface area contributed by atoms with Gasteiger partial charge in [0, 0.05) is 5.54 Å². The van der Waals surface area contributed by atoms with Crippen molar-refractivity contribution in [2.24, 2.45) is 5.92 Å². The van der Waals surface area contributed by atoms with Crippen LogP contribution in [0.1, 0.15) is 42.7 Å². The average Bonchev–Trinajstić information content (AvgIpc) is 2.38. The maximum atomic E-state index is 13.5. The first-order chi connectivity index (χ1) is 9.41. The number of halogens is 5. The zero-order chi connectivity index (χ0) is 14.8. The van der Waals surface area contributed by atoms with Crippen molar-refractivity contribution in [2.45, 2.75) is 37.8 Å². The lowest BCUT2D eigenvalue weighted by Gasteiger charge is -2.27. The fourth-order valence-corrected chi connectivity index (χ4v) is 2.97. The highest BCUT2D eigenvalue weighted by Gasteiger charge is 2.34. The van der Waals surface area contributed by atoms with Crippen molar-refractivity contribution in [3.63, 3.8) is 0 Å². The van der Waals surface area contributed by atoms with Crippen LogP contribution in [-0.2, 0) is 6.18 Å². The van der Waals surface area contributed by atoms with Gasteiger partial charge in [-0.2, -0.15) is 13.2 Å². The molecule has 0 nitrogen and oxygen atoms in total. The summed E-state index contributed by atoms with van der Waals surface area (Å²) in [6, 6.07) is 3.27. The van der Waals surface area contributed by atoms with Crippen LogP contribution in [0.3, 0.4) is 0 Å². The summed E-state index contributed by atoms with van der Waals surface area (Å²) in [7, 11) is 0. The molecule has 110 valence electrons. The average molecular weight is 307 g/mol. The quantitative estimate of drug-likeness (QED) is 0.599. The molecular weight excluding hydrogens is 292 g/mol. The fourth-order valence-electron chi connectivity index (χ4n) is 2.76.